The number of aliphatic hydroxyl groups excluding tert-OH is 1. The van der Waals surface area contributed by atoms with Gasteiger partial charge in [-0.2, -0.15) is 0 Å². The minimum absolute atomic E-state index is 0.0372. The smallest absolute Gasteiger partial charge is 0.143 e. The molecule has 0 heterocycles. The van der Waals surface area contributed by atoms with Crippen molar-refractivity contribution in [3.05, 3.63) is 35.4 Å². The molecule has 0 radical (unpaired) electrons. The van der Waals surface area contributed by atoms with Gasteiger partial charge in [0.2, 0.25) is 0 Å². The summed E-state index contributed by atoms with van der Waals surface area (Å²) >= 11 is 3.68. The van der Waals surface area contributed by atoms with Gasteiger partial charge in [0.15, 0.2) is 0 Å². The van der Waals surface area contributed by atoms with Crippen molar-refractivity contribution >= 4 is 12.6 Å². The van der Waals surface area contributed by atoms with Crippen molar-refractivity contribution in [3.8, 4) is 0 Å². The predicted molar refractivity (Wildman–Crippen MR) is 65.0 cm³/mol. The molecule has 14 heavy (non-hydrogen) atoms. The second-order valence-corrected chi connectivity index (χ2v) is 5.40. The van der Waals surface area contributed by atoms with E-state index in [4.69, 9.17) is 5.11 Å². The van der Waals surface area contributed by atoms with Crippen molar-refractivity contribution in [3.63, 3.8) is 0 Å². The summed E-state index contributed by atoms with van der Waals surface area (Å²) in [5, 5.41) is 8.70. The Balaban J connectivity index is 2.69. The predicted octanol–water partition coefficient (Wildman–Crippen LogP) is 1.86. The Labute approximate surface area is 91.6 Å². The van der Waals surface area contributed by atoms with Crippen LogP contribution in [-0.4, -0.2) is 11.7 Å². The summed E-state index contributed by atoms with van der Waals surface area (Å²) in [5.41, 5.74) is 2.57. The minimum atomic E-state index is 0.0372. The second kappa shape index (κ2) is 4.85. The quantitative estimate of drug-likeness (QED) is 0.754. The molecule has 0 aliphatic carbocycles. The van der Waals surface area contributed by atoms with Gasteiger partial charge in [-0.05, 0) is 44.9 Å². The van der Waals surface area contributed by atoms with Crippen molar-refractivity contribution in [2.75, 3.05) is 6.61 Å². The maximum absolute atomic E-state index is 8.70. The van der Waals surface area contributed by atoms with E-state index in [0.29, 0.717) is 0 Å². The van der Waals surface area contributed by atoms with E-state index in [1.54, 1.807) is 0 Å². The molecule has 0 saturated carbocycles. The van der Waals surface area contributed by atoms with Gasteiger partial charge in [0.1, 0.15) is 4.75 Å². The van der Waals surface area contributed by atoms with Gasteiger partial charge in [-0.3, -0.25) is 0 Å². The van der Waals surface area contributed by atoms with Gasteiger partial charge >= 0.3 is 0 Å². The first-order valence-corrected chi connectivity index (χ1v) is 5.49. The molecule has 0 unspecified atom stereocenters. The highest BCUT2D eigenvalue weighted by Gasteiger charge is 2.20. The third-order valence-electron chi connectivity index (χ3n) is 2.30. The molecule has 1 nitrogen and oxygen atoms in total. The van der Waals surface area contributed by atoms with E-state index in [1.165, 1.54) is 11.1 Å². The van der Waals surface area contributed by atoms with Gasteiger partial charge in [-0.1, -0.05) is 24.3 Å². The van der Waals surface area contributed by atoms with E-state index in [1.807, 2.05) is 0 Å². The number of hydrogen-bond acceptors (Lipinski definition) is 1. The van der Waals surface area contributed by atoms with Crippen LogP contribution in [0, 0.1) is 0 Å². The maximum Gasteiger partial charge on any atom is 0.143 e. The second-order valence-electron chi connectivity index (χ2n) is 4.15. The van der Waals surface area contributed by atoms with E-state index < -0.39 is 0 Å². The fourth-order valence-electron chi connectivity index (χ4n) is 1.37. The summed E-state index contributed by atoms with van der Waals surface area (Å²) in [5.74, 6) is 0. The largest absolute Gasteiger partial charge is 0.396 e. The van der Waals surface area contributed by atoms with Crippen molar-refractivity contribution < 1.29 is 5.11 Å². The highest BCUT2D eigenvalue weighted by Crippen LogP contribution is 2.21. The molecule has 0 amide bonds. The molecular weight excluding hydrogens is 192 g/mol. The average molecular weight is 211 g/mol. The van der Waals surface area contributed by atoms with Crippen LogP contribution in [0.15, 0.2) is 24.3 Å². The van der Waals surface area contributed by atoms with Crippen LogP contribution in [0.25, 0.3) is 0 Å². The standard InChI is InChI=1S/C12H18OS/c1-12(2,14)11-7-5-10(6-8-11)4-3-9-13/h5-8,13-14H,3-4,9H2,1-2H3/p+1. The van der Waals surface area contributed by atoms with E-state index in [9.17, 15) is 0 Å². The van der Waals surface area contributed by atoms with Gasteiger partial charge < -0.3 is 5.11 Å². The molecule has 78 valence electrons. The van der Waals surface area contributed by atoms with Crippen LogP contribution in [-0.2, 0) is 23.8 Å². The van der Waals surface area contributed by atoms with Crippen molar-refractivity contribution in [1.29, 1.82) is 0 Å². The number of benzene rings is 1. The number of hydrogen-bond donors (Lipinski definition) is 1. The van der Waals surface area contributed by atoms with Gasteiger partial charge in [-0.15, -0.1) is 0 Å². The maximum atomic E-state index is 8.70. The van der Waals surface area contributed by atoms with E-state index in [0.717, 1.165) is 12.8 Å². The monoisotopic (exact) mass is 211 g/mol. The van der Waals surface area contributed by atoms with Crippen LogP contribution in [0.3, 0.4) is 0 Å². The van der Waals surface area contributed by atoms with E-state index in [-0.39, 0.29) is 11.4 Å². The minimum Gasteiger partial charge on any atom is -0.396 e. The van der Waals surface area contributed by atoms with Crippen LogP contribution in [0.2, 0.25) is 0 Å². The molecular formula is C12H19OS+. The van der Waals surface area contributed by atoms with Crippen LogP contribution >= 0.6 is 0 Å². The normalized spacial score (nSPS) is 11.7. The molecule has 0 atom stereocenters. The Bertz CT molecular complexity index is 271. The van der Waals surface area contributed by atoms with Crippen LogP contribution < -0.4 is 0 Å². The van der Waals surface area contributed by atoms with Gasteiger partial charge in [-0.25, -0.2) is 0 Å². The molecule has 0 spiro atoms. The third kappa shape index (κ3) is 3.35. The zero-order chi connectivity index (χ0) is 10.6. The fourth-order valence-corrected chi connectivity index (χ4v) is 1.54. The molecule has 2 heteroatoms. The van der Waals surface area contributed by atoms with Crippen LogP contribution in [0.4, 0.5) is 0 Å². The first-order chi connectivity index (χ1) is 6.54. The lowest BCUT2D eigenvalue weighted by atomic mass is 9.99. The average Bonchev–Trinajstić information content (AvgIpc) is 2.14. The van der Waals surface area contributed by atoms with Crippen LogP contribution in [0.5, 0.6) is 0 Å². The first-order valence-electron chi connectivity index (χ1n) is 4.99. The SMILES string of the molecule is CC(C)([SH2+])c1ccc(CCCO)cc1. The Hall–Kier alpha value is -0.470. The van der Waals surface area contributed by atoms with Crippen molar-refractivity contribution in [1.82, 2.24) is 0 Å². The summed E-state index contributed by atoms with van der Waals surface area (Å²) in [7, 11) is 0. The Morgan fingerprint density at radius 3 is 2.21 bits per heavy atom. The van der Waals surface area contributed by atoms with Gasteiger partial charge in [0.05, 0.1) is 0 Å². The molecule has 0 fully saturated rings. The third-order valence-corrected chi connectivity index (χ3v) is 2.59. The Kier molecular flexibility index (Phi) is 4.02. The molecule has 0 aromatic heterocycles. The topological polar surface area (TPSA) is 20.2 Å². The summed E-state index contributed by atoms with van der Waals surface area (Å²) in [6.07, 6.45) is 1.80. The van der Waals surface area contributed by atoms with Gasteiger partial charge in [0.25, 0.3) is 0 Å². The lowest BCUT2D eigenvalue weighted by Crippen LogP contribution is -2.11. The molecule has 1 rings (SSSR count). The number of rotatable bonds is 4. The van der Waals surface area contributed by atoms with Gasteiger partial charge in [0, 0.05) is 12.2 Å². The molecule has 1 aromatic rings. The molecule has 0 aliphatic heterocycles. The Morgan fingerprint density at radius 1 is 1.21 bits per heavy atom. The summed E-state index contributed by atoms with van der Waals surface area (Å²) < 4.78 is 0.0372. The van der Waals surface area contributed by atoms with Crippen molar-refractivity contribution in [2.45, 2.75) is 31.4 Å². The van der Waals surface area contributed by atoms with Crippen LogP contribution in [0.1, 0.15) is 31.4 Å². The molecule has 1 aromatic carbocycles. The fraction of sp³-hybridized carbons (Fsp3) is 0.500. The summed E-state index contributed by atoms with van der Waals surface area (Å²) in [6, 6.07) is 8.54. The summed E-state index contributed by atoms with van der Waals surface area (Å²) in [4.78, 5) is 0. The lowest BCUT2D eigenvalue weighted by molar-refractivity contribution is 0.288. The van der Waals surface area contributed by atoms with E-state index in [2.05, 4.69) is 50.7 Å². The highest BCUT2D eigenvalue weighted by molar-refractivity contribution is 7.59. The number of aryl methyl sites for hydroxylation is 1. The highest BCUT2D eigenvalue weighted by atomic mass is 32.1. The molecule has 0 bridgehead atoms. The Morgan fingerprint density at radius 2 is 1.79 bits per heavy atom. The lowest BCUT2D eigenvalue weighted by Gasteiger charge is -2.12. The van der Waals surface area contributed by atoms with Crippen molar-refractivity contribution in [2.24, 2.45) is 0 Å². The number of aliphatic hydroxyl groups is 1. The zero-order valence-corrected chi connectivity index (χ0v) is 9.88. The molecule has 1 N–H and O–H groups in total. The molecule has 0 saturated heterocycles. The zero-order valence-electron chi connectivity index (χ0n) is 8.88. The first kappa shape index (κ1) is 11.6. The molecule has 0 aliphatic rings. The summed E-state index contributed by atoms with van der Waals surface area (Å²) in [6.45, 7) is 4.53. The van der Waals surface area contributed by atoms with E-state index >= 15 is 0 Å².